The van der Waals surface area contributed by atoms with Gasteiger partial charge >= 0.3 is 0 Å². The van der Waals surface area contributed by atoms with Crippen molar-refractivity contribution < 1.29 is 4.79 Å². The lowest BCUT2D eigenvalue weighted by Crippen LogP contribution is -2.52. The summed E-state index contributed by atoms with van der Waals surface area (Å²) in [5, 5.41) is 4.06. The molecule has 3 nitrogen and oxygen atoms in total. The van der Waals surface area contributed by atoms with Crippen LogP contribution in [0, 0.1) is 12.8 Å². The topological polar surface area (TPSA) is 42.0 Å². The van der Waals surface area contributed by atoms with E-state index >= 15 is 0 Å². The lowest BCUT2D eigenvalue weighted by atomic mass is 9.77. The summed E-state index contributed by atoms with van der Waals surface area (Å²) in [6.45, 7) is 4.14. The van der Waals surface area contributed by atoms with Crippen molar-refractivity contribution in [1.82, 2.24) is 10.3 Å². The van der Waals surface area contributed by atoms with E-state index in [2.05, 4.69) is 33.2 Å². The second-order valence-corrected chi connectivity index (χ2v) is 6.27. The van der Waals surface area contributed by atoms with Gasteiger partial charge in [-0.3, -0.25) is 9.78 Å². The van der Waals surface area contributed by atoms with Gasteiger partial charge in [0.25, 0.3) is 5.91 Å². The summed E-state index contributed by atoms with van der Waals surface area (Å²) < 4.78 is 0. The molecular formula is C15H21BrN2O. The molecule has 1 aromatic heterocycles. The molecule has 1 amide bonds. The van der Waals surface area contributed by atoms with Gasteiger partial charge in [-0.1, -0.05) is 35.7 Å². The van der Waals surface area contributed by atoms with Gasteiger partial charge in [0.05, 0.1) is 11.1 Å². The minimum absolute atomic E-state index is 0.000787. The minimum atomic E-state index is -0.100. The number of pyridine rings is 1. The Kier molecular flexibility index (Phi) is 4.61. The van der Waals surface area contributed by atoms with Gasteiger partial charge in [-0.25, -0.2) is 0 Å². The summed E-state index contributed by atoms with van der Waals surface area (Å²) in [6, 6.07) is 3.65. The Hall–Kier alpha value is -0.900. The summed E-state index contributed by atoms with van der Waals surface area (Å²) in [6.07, 6.45) is 6.25. The number of carbonyl (C=O) groups excluding carboxylic acids is 1. The fourth-order valence-corrected chi connectivity index (χ4v) is 3.61. The van der Waals surface area contributed by atoms with Crippen molar-refractivity contribution in [2.24, 2.45) is 5.92 Å². The highest BCUT2D eigenvalue weighted by Gasteiger charge is 2.35. The number of nitrogens with one attached hydrogen (secondary N) is 1. The quantitative estimate of drug-likeness (QED) is 0.865. The lowest BCUT2D eigenvalue weighted by molar-refractivity contribution is 0.0868. The third kappa shape index (κ3) is 3.35. The number of halogens is 1. The number of aryl methyl sites for hydroxylation is 1. The van der Waals surface area contributed by atoms with Gasteiger partial charge in [0.2, 0.25) is 0 Å². The zero-order chi connectivity index (χ0) is 13.9. The number of carbonyl (C=O) groups is 1. The van der Waals surface area contributed by atoms with E-state index in [1.165, 1.54) is 12.8 Å². The first-order valence-electron chi connectivity index (χ1n) is 6.86. The van der Waals surface area contributed by atoms with Gasteiger partial charge in [0.1, 0.15) is 0 Å². The van der Waals surface area contributed by atoms with Crippen LogP contribution in [0.1, 0.15) is 48.7 Å². The maximum absolute atomic E-state index is 12.4. The summed E-state index contributed by atoms with van der Waals surface area (Å²) in [7, 11) is 0. The zero-order valence-corrected chi connectivity index (χ0v) is 13.2. The molecular weight excluding hydrogens is 304 g/mol. The van der Waals surface area contributed by atoms with E-state index in [1.54, 1.807) is 6.20 Å². The molecule has 104 valence electrons. The van der Waals surface area contributed by atoms with Crippen molar-refractivity contribution >= 4 is 21.8 Å². The maximum Gasteiger partial charge on any atom is 0.253 e. The molecule has 1 heterocycles. The van der Waals surface area contributed by atoms with Gasteiger partial charge in [0, 0.05) is 17.2 Å². The van der Waals surface area contributed by atoms with Crippen molar-refractivity contribution in [3.8, 4) is 0 Å². The Morgan fingerprint density at radius 3 is 3.05 bits per heavy atom. The van der Waals surface area contributed by atoms with Gasteiger partial charge in [-0.05, 0) is 37.8 Å². The molecule has 0 bridgehead atoms. The predicted octanol–water partition coefficient (Wildman–Crippen LogP) is 3.46. The van der Waals surface area contributed by atoms with Crippen LogP contribution in [-0.2, 0) is 0 Å². The van der Waals surface area contributed by atoms with E-state index < -0.39 is 0 Å². The van der Waals surface area contributed by atoms with Crippen LogP contribution in [0.3, 0.4) is 0 Å². The fourth-order valence-electron chi connectivity index (χ4n) is 2.96. The number of alkyl halides is 1. The smallest absolute Gasteiger partial charge is 0.253 e. The van der Waals surface area contributed by atoms with E-state index in [1.807, 2.05) is 19.1 Å². The first-order chi connectivity index (χ1) is 9.06. The average molecular weight is 325 g/mol. The van der Waals surface area contributed by atoms with Gasteiger partial charge < -0.3 is 5.32 Å². The van der Waals surface area contributed by atoms with Crippen LogP contribution in [0.4, 0.5) is 0 Å². The number of nitrogens with zero attached hydrogens (tertiary/aromatic N) is 1. The summed E-state index contributed by atoms with van der Waals surface area (Å²) in [5.74, 6) is 0.667. The molecule has 1 aromatic rings. The number of rotatable bonds is 3. The van der Waals surface area contributed by atoms with Gasteiger partial charge in [0.15, 0.2) is 0 Å². The SMILES string of the molecule is Cc1ncccc1C(=O)NC1(CBr)CCCC(C)C1. The van der Waals surface area contributed by atoms with Crippen LogP contribution in [0.2, 0.25) is 0 Å². The second kappa shape index (κ2) is 6.04. The van der Waals surface area contributed by atoms with Crippen LogP contribution in [0.5, 0.6) is 0 Å². The Labute approximate surface area is 123 Å². The number of aromatic nitrogens is 1. The Balaban J connectivity index is 2.14. The summed E-state index contributed by atoms with van der Waals surface area (Å²) in [5.41, 5.74) is 1.37. The van der Waals surface area contributed by atoms with Gasteiger partial charge in [-0.2, -0.15) is 0 Å². The Bertz CT molecular complexity index is 463. The third-order valence-electron chi connectivity index (χ3n) is 3.98. The monoisotopic (exact) mass is 324 g/mol. The summed E-state index contributed by atoms with van der Waals surface area (Å²) in [4.78, 5) is 16.6. The standard InChI is InChI=1S/C15H21BrN2O/c1-11-5-3-7-15(9-11,10-16)18-14(19)13-6-4-8-17-12(13)2/h4,6,8,11H,3,5,7,9-10H2,1-2H3,(H,18,19). The van der Waals surface area contributed by atoms with Crippen LogP contribution < -0.4 is 5.32 Å². The largest absolute Gasteiger partial charge is 0.346 e. The molecule has 1 saturated carbocycles. The molecule has 0 aliphatic heterocycles. The molecule has 0 spiro atoms. The van der Waals surface area contributed by atoms with Crippen LogP contribution in [-0.4, -0.2) is 21.8 Å². The Morgan fingerprint density at radius 1 is 1.63 bits per heavy atom. The fraction of sp³-hybridized carbons (Fsp3) is 0.600. The number of hydrogen-bond acceptors (Lipinski definition) is 2. The summed E-state index contributed by atoms with van der Waals surface area (Å²) >= 11 is 3.58. The highest BCUT2D eigenvalue weighted by molar-refractivity contribution is 9.09. The molecule has 2 unspecified atom stereocenters. The highest BCUT2D eigenvalue weighted by atomic mass is 79.9. The maximum atomic E-state index is 12.4. The molecule has 19 heavy (non-hydrogen) atoms. The molecule has 1 N–H and O–H groups in total. The highest BCUT2D eigenvalue weighted by Crippen LogP contribution is 2.33. The van der Waals surface area contributed by atoms with Crippen LogP contribution in [0.15, 0.2) is 18.3 Å². The van der Waals surface area contributed by atoms with Crippen LogP contribution in [0.25, 0.3) is 0 Å². The van der Waals surface area contributed by atoms with Crippen LogP contribution >= 0.6 is 15.9 Å². The zero-order valence-electron chi connectivity index (χ0n) is 11.6. The van der Waals surface area contributed by atoms with E-state index in [4.69, 9.17) is 0 Å². The third-order valence-corrected chi connectivity index (χ3v) is 5.05. The second-order valence-electron chi connectivity index (χ2n) is 5.71. The number of amides is 1. The van der Waals surface area contributed by atoms with Crippen molar-refractivity contribution in [2.45, 2.75) is 45.1 Å². The molecule has 0 radical (unpaired) electrons. The molecule has 2 atom stereocenters. The molecule has 0 saturated heterocycles. The molecule has 1 aliphatic carbocycles. The molecule has 1 aliphatic rings. The van der Waals surface area contributed by atoms with E-state index in [0.717, 1.165) is 23.9 Å². The van der Waals surface area contributed by atoms with Gasteiger partial charge in [-0.15, -0.1) is 0 Å². The van der Waals surface area contributed by atoms with Crippen molar-refractivity contribution in [3.05, 3.63) is 29.6 Å². The van der Waals surface area contributed by atoms with E-state index in [9.17, 15) is 4.79 Å². The first-order valence-corrected chi connectivity index (χ1v) is 7.98. The van der Waals surface area contributed by atoms with Crippen molar-refractivity contribution in [3.63, 3.8) is 0 Å². The molecule has 0 aromatic carbocycles. The number of hydrogen-bond donors (Lipinski definition) is 1. The van der Waals surface area contributed by atoms with E-state index in [0.29, 0.717) is 11.5 Å². The first kappa shape index (κ1) is 14.5. The average Bonchev–Trinajstić information content (AvgIpc) is 2.39. The molecule has 2 rings (SSSR count). The lowest BCUT2D eigenvalue weighted by Gasteiger charge is -2.39. The predicted molar refractivity (Wildman–Crippen MR) is 80.6 cm³/mol. The minimum Gasteiger partial charge on any atom is -0.346 e. The Morgan fingerprint density at radius 2 is 2.42 bits per heavy atom. The van der Waals surface area contributed by atoms with Crippen molar-refractivity contribution in [2.75, 3.05) is 5.33 Å². The molecule has 4 heteroatoms. The van der Waals surface area contributed by atoms with Crippen molar-refractivity contribution in [1.29, 1.82) is 0 Å². The normalized spacial score (nSPS) is 27.0. The van der Waals surface area contributed by atoms with E-state index in [-0.39, 0.29) is 11.4 Å². The molecule has 1 fully saturated rings.